The van der Waals surface area contributed by atoms with Gasteiger partial charge in [-0.3, -0.25) is 9.59 Å². The Hall–Kier alpha value is -2.33. The van der Waals surface area contributed by atoms with E-state index in [1.54, 1.807) is 24.3 Å². The first-order chi connectivity index (χ1) is 19.0. The third kappa shape index (κ3) is 19.4. The van der Waals surface area contributed by atoms with Gasteiger partial charge in [-0.1, -0.05) is 31.8 Å². The maximum absolute atomic E-state index is 12.1. The maximum Gasteiger partial charge on any atom is 0.251 e. The molecule has 0 heterocycles. The highest BCUT2D eigenvalue weighted by molar-refractivity contribution is 7.99. The second-order valence-corrected chi connectivity index (χ2v) is 9.62. The summed E-state index contributed by atoms with van der Waals surface area (Å²) in [5, 5.41) is 5.55. The minimum atomic E-state index is -0.185. The molecule has 2 amide bonds. The second-order valence-electron chi connectivity index (χ2n) is 8.63. The molecule has 1 atom stereocenters. The van der Waals surface area contributed by atoms with Crippen molar-refractivity contribution in [3.63, 3.8) is 0 Å². The summed E-state index contributed by atoms with van der Waals surface area (Å²) < 4.78 is 28.0. The van der Waals surface area contributed by atoms with Gasteiger partial charge < -0.3 is 40.1 Å². The van der Waals surface area contributed by atoms with Gasteiger partial charge in [0.05, 0.1) is 33.0 Å². The van der Waals surface area contributed by atoms with E-state index in [0.717, 1.165) is 0 Å². The highest BCUT2D eigenvalue weighted by Crippen LogP contribution is 2.16. The zero-order valence-corrected chi connectivity index (χ0v) is 24.3. The predicted molar refractivity (Wildman–Crippen MR) is 154 cm³/mol. The van der Waals surface area contributed by atoms with Gasteiger partial charge in [0.15, 0.2) is 0 Å². The largest absolute Gasteiger partial charge is 0.490 e. The summed E-state index contributed by atoms with van der Waals surface area (Å²) in [6.45, 7) is 8.77. The molecular formula is C28H45N3O7S. The fourth-order valence-electron chi connectivity index (χ4n) is 2.98. The summed E-state index contributed by atoms with van der Waals surface area (Å²) in [7, 11) is 0. The Labute approximate surface area is 237 Å². The second kappa shape index (κ2) is 23.5. The number of amides is 2. The average molecular weight is 568 g/mol. The Morgan fingerprint density at radius 1 is 1.00 bits per heavy atom. The first-order valence-electron chi connectivity index (χ1n) is 13.3. The lowest BCUT2D eigenvalue weighted by molar-refractivity contribution is -0.121. The topological polar surface area (TPSA) is 130 Å². The van der Waals surface area contributed by atoms with Crippen LogP contribution in [0.2, 0.25) is 0 Å². The molecule has 0 bridgehead atoms. The number of ether oxygens (including phenoxy) is 5. The molecule has 0 aromatic heterocycles. The third-order valence-electron chi connectivity index (χ3n) is 4.90. The first-order valence-corrected chi connectivity index (χ1v) is 14.6. The molecule has 0 spiro atoms. The van der Waals surface area contributed by atoms with Crippen molar-refractivity contribution < 1.29 is 33.3 Å². The van der Waals surface area contributed by atoms with Crippen molar-refractivity contribution in [1.29, 1.82) is 0 Å². The van der Waals surface area contributed by atoms with E-state index in [2.05, 4.69) is 22.5 Å². The van der Waals surface area contributed by atoms with Crippen LogP contribution in [0.5, 0.6) is 5.75 Å². The number of nitrogens with one attached hydrogen (secondary N) is 2. The van der Waals surface area contributed by atoms with Crippen LogP contribution in [0.4, 0.5) is 0 Å². The standard InChI is InChI=1S/C28H45N3O7S/c1-23(2)7-5-14-34-16-13-30-26(32)10-6-15-35-17-18-36-19-20-37-27(39-3)22-38-25-9-4-8-24(21-25)28(33)31-12-11-29/h4,8-9,21,23,27H,6,10-20,22,29H2,1-3H3,(H,30,32)(H,31,33)/t27-/m1/s1. The fraction of sp³-hybridized carbons (Fsp3) is 0.643. The molecule has 11 heteroatoms. The van der Waals surface area contributed by atoms with Crippen molar-refractivity contribution in [3.8, 4) is 17.6 Å². The Bertz CT molecular complexity index is 861. The number of carbonyl (C=O) groups excluding carboxylic acids is 2. The van der Waals surface area contributed by atoms with Crippen molar-refractivity contribution in [3.05, 3.63) is 29.8 Å². The molecule has 1 aromatic rings. The molecule has 4 N–H and O–H groups in total. The van der Waals surface area contributed by atoms with Gasteiger partial charge in [-0.2, -0.15) is 0 Å². The summed E-state index contributed by atoms with van der Waals surface area (Å²) in [4.78, 5) is 23.9. The summed E-state index contributed by atoms with van der Waals surface area (Å²) >= 11 is 1.53. The number of nitrogens with two attached hydrogens (primary N) is 1. The van der Waals surface area contributed by atoms with Crippen molar-refractivity contribution >= 4 is 23.6 Å². The number of hydrogen-bond acceptors (Lipinski definition) is 9. The Balaban J connectivity index is 2.01. The SMILES string of the molecule is CS[C@H](COc1cccc(C(=O)NCCN)c1)OCCOCCOCCCC(=O)NCCOCC#CC(C)C. The van der Waals surface area contributed by atoms with E-state index in [9.17, 15) is 9.59 Å². The van der Waals surface area contributed by atoms with E-state index in [1.165, 1.54) is 11.8 Å². The zero-order valence-electron chi connectivity index (χ0n) is 23.5. The van der Waals surface area contributed by atoms with Crippen molar-refractivity contribution in [2.24, 2.45) is 11.7 Å². The van der Waals surface area contributed by atoms with Crippen LogP contribution in [0.25, 0.3) is 0 Å². The summed E-state index contributed by atoms with van der Waals surface area (Å²) in [6, 6.07) is 6.99. The highest BCUT2D eigenvalue weighted by Gasteiger charge is 2.10. The molecule has 0 aliphatic heterocycles. The molecule has 1 aromatic carbocycles. The number of rotatable bonds is 22. The number of carbonyl (C=O) groups is 2. The third-order valence-corrected chi connectivity index (χ3v) is 5.70. The number of hydrogen-bond donors (Lipinski definition) is 3. The van der Waals surface area contributed by atoms with Crippen LogP contribution >= 0.6 is 11.8 Å². The van der Waals surface area contributed by atoms with Gasteiger partial charge in [0, 0.05) is 44.1 Å². The molecule has 0 unspecified atom stereocenters. The molecule has 0 fully saturated rings. The zero-order chi connectivity index (χ0) is 28.6. The van der Waals surface area contributed by atoms with Crippen molar-refractivity contribution in [2.75, 3.05) is 78.7 Å². The normalized spacial score (nSPS) is 11.5. The lowest BCUT2D eigenvalue weighted by Crippen LogP contribution is -2.29. The Morgan fingerprint density at radius 3 is 2.51 bits per heavy atom. The Morgan fingerprint density at radius 2 is 1.77 bits per heavy atom. The molecule has 0 aliphatic carbocycles. The molecular weight excluding hydrogens is 522 g/mol. The van der Waals surface area contributed by atoms with Crippen LogP contribution in [0.1, 0.15) is 37.0 Å². The van der Waals surface area contributed by atoms with Gasteiger partial charge in [-0.05, 0) is 30.9 Å². The van der Waals surface area contributed by atoms with Gasteiger partial charge in [-0.25, -0.2) is 0 Å². The molecule has 10 nitrogen and oxygen atoms in total. The molecule has 220 valence electrons. The van der Waals surface area contributed by atoms with E-state index in [1.807, 2.05) is 20.1 Å². The lowest BCUT2D eigenvalue weighted by Gasteiger charge is -2.17. The summed E-state index contributed by atoms with van der Waals surface area (Å²) in [5.41, 5.74) is 5.77. The number of thioether (sulfide) groups is 1. The molecule has 0 aliphatic rings. The van der Waals surface area contributed by atoms with E-state index in [4.69, 9.17) is 29.4 Å². The maximum atomic E-state index is 12.1. The molecule has 0 saturated heterocycles. The molecule has 0 saturated carbocycles. The van der Waals surface area contributed by atoms with Crippen LogP contribution in [-0.4, -0.2) is 96.0 Å². The highest BCUT2D eigenvalue weighted by atomic mass is 32.2. The quantitative estimate of drug-likeness (QED) is 0.109. The van der Waals surface area contributed by atoms with E-state index in [0.29, 0.717) is 103 Å². The molecule has 1 rings (SSSR count). The molecule has 39 heavy (non-hydrogen) atoms. The monoisotopic (exact) mass is 567 g/mol. The lowest BCUT2D eigenvalue weighted by atomic mass is 10.2. The van der Waals surface area contributed by atoms with Gasteiger partial charge >= 0.3 is 0 Å². The van der Waals surface area contributed by atoms with Crippen LogP contribution in [0.15, 0.2) is 24.3 Å². The fourth-order valence-corrected chi connectivity index (χ4v) is 3.42. The van der Waals surface area contributed by atoms with Gasteiger partial charge in [0.1, 0.15) is 24.4 Å². The van der Waals surface area contributed by atoms with Crippen LogP contribution < -0.4 is 21.1 Å². The summed E-state index contributed by atoms with van der Waals surface area (Å²) in [6.07, 6.45) is 3.00. The number of benzene rings is 1. The first kappa shape index (κ1) is 34.7. The van der Waals surface area contributed by atoms with Gasteiger partial charge in [-0.15, -0.1) is 11.8 Å². The van der Waals surface area contributed by atoms with Crippen molar-refractivity contribution in [2.45, 2.75) is 32.1 Å². The van der Waals surface area contributed by atoms with E-state index < -0.39 is 0 Å². The smallest absolute Gasteiger partial charge is 0.251 e. The predicted octanol–water partition coefficient (Wildman–Crippen LogP) is 2.07. The minimum Gasteiger partial charge on any atom is -0.490 e. The molecule has 0 radical (unpaired) electrons. The van der Waals surface area contributed by atoms with Crippen LogP contribution in [-0.2, 0) is 23.7 Å². The minimum absolute atomic E-state index is 0.0168. The van der Waals surface area contributed by atoms with Crippen LogP contribution in [0, 0.1) is 17.8 Å². The summed E-state index contributed by atoms with van der Waals surface area (Å²) in [5.74, 6) is 6.68. The van der Waals surface area contributed by atoms with Gasteiger partial charge in [0.25, 0.3) is 5.91 Å². The van der Waals surface area contributed by atoms with Crippen molar-refractivity contribution in [1.82, 2.24) is 10.6 Å². The Kier molecular flexibility index (Phi) is 21.0. The average Bonchev–Trinajstić information content (AvgIpc) is 2.93. The van der Waals surface area contributed by atoms with Crippen LogP contribution in [0.3, 0.4) is 0 Å². The van der Waals surface area contributed by atoms with Gasteiger partial charge in [0.2, 0.25) is 5.91 Å². The van der Waals surface area contributed by atoms with E-state index in [-0.39, 0.29) is 17.3 Å². The van der Waals surface area contributed by atoms with E-state index >= 15 is 0 Å².